The van der Waals surface area contributed by atoms with Crippen LogP contribution < -0.4 is 20.1 Å². The third-order valence-corrected chi connectivity index (χ3v) is 6.51. The van der Waals surface area contributed by atoms with Gasteiger partial charge in [0.15, 0.2) is 17.5 Å². The van der Waals surface area contributed by atoms with E-state index in [0.29, 0.717) is 47.7 Å². The number of ether oxygens (including phenoxy) is 2. The number of alkyl halides is 3. The van der Waals surface area contributed by atoms with Gasteiger partial charge >= 0.3 is 15.5 Å². The maximum atomic E-state index is 12.6. The summed E-state index contributed by atoms with van der Waals surface area (Å²) in [7, 11) is -3.63. The Labute approximate surface area is 167 Å². The van der Waals surface area contributed by atoms with Crippen molar-refractivity contribution in [3.05, 3.63) is 23.8 Å². The Morgan fingerprint density at radius 2 is 1.90 bits per heavy atom. The highest BCUT2D eigenvalue weighted by molar-refractivity contribution is 7.90. The van der Waals surface area contributed by atoms with Crippen LogP contribution in [0.3, 0.4) is 0 Å². The van der Waals surface area contributed by atoms with Crippen LogP contribution in [0.2, 0.25) is 0 Å². The molecular weight excluding hydrogens is 413 g/mol. The lowest BCUT2D eigenvalue weighted by atomic mass is 9.98. The first-order valence-corrected chi connectivity index (χ1v) is 10.5. The van der Waals surface area contributed by atoms with E-state index < -0.39 is 15.5 Å². The van der Waals surface area contributed by atoms with E-state index in [2.05, 4.69) is 15.6 Å². The van der Waals surface area contributed by atoms with E-state index in [1.54, 1.807) is 7.05 Å². The van der Waals surface area contributed by atoms with Crippen LogP contribution in [0, 0.1) is 5.92 Å². The molecule has 1 aromatic rings. The molecule has 0 aromatic heterocycles. The molecule has 8 nitrogen and oxygen atoms in total. The highest BCUT2D eigenvalue weighted by Crippen LogP contribution is 2.32. The number of sulfonamides is 1. The molecule has 0 unspecified atom stereocenters. The molecule has 0 spiro atoms. The summed E-state index contributed by atoms with van der Waals surface area (Å²) >= 11 is 0. The highest BCUT2D eigenvalue weighted by Gasteiger charge is 2.50. The number of hydrogen-bond acceptors (Lipinski definition) is 5. The second-order valence-electron chi connectivity index (χ2n) is 6.79. The summed E-state index contributed by atoms with van der Waals surface area (Å²) in [6, 6.07) is 5.61. The maximum absolute atomic E-state index is 12.6. The first kappa shape index (κ1) is 21.5. The number of nitrogens with zero attached hydrogens (tertiary/aromatic N) is 2. The summed E-state index contributed by atoms with van der Waals surface area (Å²) in [5.41, 5.74) is -4.28. The predicted octanol–water partition coefficient (Wildman–Crippen LogP) is 1.64. The molecule has 0 radical (unpaired) electrons. The normalized spacial score (nSPS) is 18.7. The van der Waals surface area contributed by atoms with Crippen molar-refractivity contribution in [1.82, 2.24) is 14.9 Å². The fourth-order valence-corrected chi connectivity index (χ4v) is 4.18. The van der Waals surface area contributed by atoms with Gasteiger partial charge in [0.05, 0.1) is 0 Å². The minimum atomic E-state index is -5.25. The van der Waals surface area contributed by atoms with E-state index in [1.165, 1.54) is 0 Å². The molecule has 12 heteroatoms. The van der Waals surface area contributed by atoms with Gasteiger partial charge in [0.25, 0.3) is 0 Å². The van der Waals surface area contributed by atoms with Crippen molar-refractivity contribution in [1.29, 1.82) is 0 Å². The zero-order valence-electron chi connectivity index (χ0n) is 15.8. The van der Waals surface area contributed by atoms with Crippen molar-refractivity contribution in [2.24, 2.45) is 10.9 Å². The van der Waals surface area contributed by atoms with Gasteiger partial charge in [-0.05, 0) is 36.5 Å². The van der Waals surface area contributed by atoms with Gasteiger partial charge in [-0.2, -0.15) is 17.5 Å². The van der Waals surface area contributed by atoms with Crippen molar-refractivity contribution in [2.75, 3.05) is 33.5 Å². The van der Waals surface area contributed by atoms with Gasteiger partial charge in [-0.15, -0.1) is 0 Å². The van der Waals surface area contributed by atoms with Crippen molar-refractivity contribution < 1.29 is 31.1 Å². The third-order valence-electron chi connectivity index (χ3n) is 4.88. The zero-order chi connectivity index (χ0) is 21.1. The van der Waals surface area contributed by atoms with Crippen molar-refractivity contribution >= 4 is 16.0 Å². The minimum Gasteiger partial charge on any atom is -0.454 e. The van der Waals surface area contributed by atoms with Gasteiger partial charge in [0.2, 0.25) is 6.79 Å². The molecule has 2 N–H and O–H groups in total. The molecule has 1 fully saturated rings. The fraction of sp³-hybridized carbons (Fsp3) is 0.588. The molecule has 0 atom stereocenters. The summed E-state index contributed by atoms with van der Waals surface area (Å²) in [5, 5.41) is 6.30. The van der Waals surface area contributed by atoms with Crippen LogP contribution in [0.1, 0.15) is 18.4 Å². The Hall–Kier alpha value is -2.21. The van der Waals surface area contributed by atoms with Crippen LogP contribution in [-0.2, 0) is 16.6 Å². The largest absolute Gasteiger partial charge is 0.511 e. The Kier molecular flexibility index (Phi) is 6.42. The smallest absolute Gasteiger partial charge is 0.454 e. The first-order chi connectivity index (χ1) is 13.7. The minimum absolute atomic E-state index is 0.0544. The average Bonchev–Trinajstić information content (AvgIpc) is 3.15. The topological polar surface area (TPSA) is 92.3 Å². The van der Waals surface area contributed by atoms with Crippen LogP contribution in [0.25, 0.3) is 0 Å². The van der Waals surface area contributed by atoms with Gasteiger partial charge in [-0.25, -0.2) is 8.42 Å². The molecule has 0 saturated carbocycles. The molecular formula is C17H23F3N4O4S. The summed E-state index contributed by atoms with van der Waals surface area (Å²) in [6.07, 6.45) is 0.697. The van der Waals surface area contributed by atoms with Crippen LogP contribution in [-0.4, -0.2) is 57.7 Å². The maximum Gasteiger partial charge on any atom is 0.511 e. The van der Waals surface area contributed by atoms with E-state index in [1.807, 2.05) is 18.2 Å². The van der Waals surface area contributed by atoms with Gasteiger partial charge < -0.3 is 20.1 Å². The molecule has 1 saturated heterocycles. The third kappa shape index (κ3) is 5.04. The monoisotopic (exact) mass is 436 g/mol. The number of rotatable bonds is 5. The molecule has 3 rings (SSSR count). The molecule has 0 aliphatic carbocycles. The number of aliphatic imine (C=N–C) groups is 1. The molecule has 2 heterocycles. The van der Waals surface area contributed by atoms with Gasteiger partial charge in [0.1, 0.15) is 0 Å². The van der Waals surface area contributed by atoms with Crippen LogP contribution in [0.4, 0.5) is 13.2 Å². The Morgan fingerprint density at radius 3 is 2.55 bits per heavy atom. The Morgan fingerprint density at radius 1 is 1.21 bits per heavy atom. The first-order valence-electron chi connectivity index (χ1n) is 9.10. The van der Waals surface area contributed by atoms with Gasteiger partial charge in [-0.3, -0.25) is 4.99 Å². The number of hydrogen-bond donors (Lipinski definition) is 2. The Bertz CT molecular complexity index is 853. The lowest BCUT2D eigenvalue weighted by Crippen LogP contribution is -2.47. The number of guanidine groups is 1. The number of benzene rings is 1. The van der Waals surface area contributed by atoms with Crippen LogP contribution in [0.5, 0.6) is 11.5 Å². The zero-order valence-corrected chi connectivity index (χ0v) is 16.6. The van der Waals surface area contributed by atoms with Gasteiger partial charge in [0, 0.05) is 33.2 Å². The van der Waals surface area contributed by atoms with Crippen LogP contribution in [0.15, 0.2) is 23.2 Å². The summed E-state index contributed by atoms with van der Waals surface area (Å²) in [4.78, 5) is 4.13. The van der Waals surface area contributed by atoms with E-state index >= 15 is 0 Å². The molecule has 29 heavy (non-hydrogen) atoms. The molecule has 0 amide bonds. The SMILES string of the molecule is CN=C(NCc1ccc2c(c1)OCO2)NCC1CCN(S(=O)(=O)C(F)(F)F)CC1. The summed E-state index contributed by atoms with van der Waals surface area (Å²) in [5.74, 6) is 2.00. The molecule has 1 aromatic carbocycles. The van der Waals surface area contributed by atoms with Crippen molar-refractivity contribution in [3.8, 4) is 11.5 Å². The number of nitrogens with one attached hydrogen (secondary N) is 2. The lowest BCUT2D eigenvalue weighted by Gasteiger charge is -2.31. The molecule has 0 bridgehead atoms. The molecule has 2 aliphatic heterocycles. The predicted molar refractivity (Wildman–Crippen MR) is 100 cm³/mol. The van der Waals surface area contributed by atoms with E-state index in [4.69, 9.17) is 9.47 Å². The number of halogens is 3. The second-order valence-corrected chi connectivity index (χ2v) is 8.72. The summed E-state index contributed by atoms with van der Waals surface area (Å²) < 4.78 is 71.9. The van der Waals surface area contributed by atoms with Crippen molar-refractivity contribution in [2.45, 2.75) is 24.9 Å². The molecule has 162 valence electrons. The molecule has 2 aliphatic rings. The Balaban J connectivity index is 1.44. The van der Waals surface area contributed by atoms with Gasteiger partial charge in [-0.1, -0.05) is 6.07 Å². The second kappa shape index (κ2) is 8.66. The lowest BCUT2D eigenvalue weighted by molar-refractivity contribution is -0.0496. The van der Waals surface area contributed by atoms with Crippen LogP contribution >= 0.6 is 0 Å². The standard InChI is InChI=1S/C17H23F3N4O4S/c1-21-16(23-10-13-2-3-14-15(8-13)28-11-27-14)22-9-12-4-6-24(7-5-12)29(25,26)17(18,19)20/h2-3,8,12H,4-7,9-11H2,1H3,(H2,21,22,23). The average molecular weight is 436 g/mol. The summed E-state index contributed by atoms with van der Waals surface area (Å²) in [6.45, 7) is 0.909. The quantitative estimate of drug-likeness (QED) is 0.539. The number of piperidine rings is 1. The van der Waals surface area contributed by atoms with Crippen molar-refractivity contribution in [3.63, 3.8) is 0 Å². The number of fused-ring (bicyclic) bond motifs is 1. The fourth-order valence-electron chi connectivity index (χ4n) is 3.20. The highest BCUT2D eigenvalue weighted by atomic mass is 32.2. The van der Waals surface area contributed by atoms with E-state index in [9.17, 15) is 21.6 Å². The van der Waals surface area contributed by atoms with E-state index in [-0.39, 0.29) is 25.8 Å². The van der Waals surface area contributed by atoms with E-state index in [0.717, 1.165) is 5.56 Å².